The summed E-state index contributed by atoms with van der Waals surface area (Å²) in [6, 6.07) is 0. The molecule has 1 atom stereocenters. The van der Waals surface area contributed by atoms with Crippen LogP contribution in [0.2, 0.25) is 0 Å². The fourth-order valence-electron chi connectivity index (χ4n) is 2.72. The van der Waals surface area contributed by atoms with E-state index in [1.54, 1.807) is 9.80 Å². The van der Waals surface area contributed by atoms with Crippen molar-refractivity contribution in [3.63, 3.8) is 0 Å². The van der Waals surface area contributed by atoms with Crippen molar-refractivity contribution in [2.45, 2.75) is 65.6 Å². The quantitative estimate of drug-likeness (QED) is 0.752. The van der Waals surface area contributed by atoms with E-state index in [2.05, 4.69) is 0 Å². The van der Waals surface area contributed by atoms with Crippen LogP contribution in [0.1, 0.15) is 54.4 Å². The standard InChI is InChI=1S/C17H32N2O4/c1-7-17(22-12-14(20)18(8-2)9-3)10-11-19(13-17)15(21)23-16(4,5)6/h7-13H2,1-6H3. The molecule has 0 saturated carbocycles. The van der Waals surface area contributed by atoms with Crippen LogP contribution >= 0.6 is 0 Å². The van der Waals surface area contributed by atoms with Gasteiger partial charge in [-0.05, 0) is 47.5 Å². The van der Waals surface area contributed by atoms with Gasteiger partial charge < -0.3 is 19.3 Å². The van der Waals surface area contributed by atoms with Crippen LogP contribution in [-0.4, -0.2) is 65.8 Å². The maximum absolute atomic E-state index is 12.2. The molecule has 0 N–H and O–H groups in total. The minimum atomic E-state index is -0.506. The average molecular weight is 328 g/mol. The Morgan fingerprint density at radius 1 is 1.17 bits per heavy atom. The van der Waals surface area contributed by atoms with E-state index in [4.69, 9.17) is 9.47 Å². The van der Waals surface area contributed by atoms with E-state index in [0.717, 1.165) is 12.8 Å². The normalized spacial score (nSPS) is 21.4. The first-order valence-corrected chi connectivity index (χ1v) is 8.56. The Balaban J connectivity index is 2.60. The summed E-state index contributed by atoms with van der Waals surface area (Å²) in [5.41, 5.74) is -0.951. The summed E-state index contributed by atoms with van der Waals surface area (Å²) in [5, 5.41) is 0. The number of carbonyl (C=O) groups excluding carboxylic acids is 2. The molecule has 1 unspecified atom stereocenters. The summed E-state index contributed by atoms with van der Waals surface area (Å²) in [4.78, 5) is 27.7. The highest BCUT2D eigenvalue weighted by molar-refractivity contribution is 5.77. The fourth-order valence-corrected chi connectivity index (χ4v) is 2.72. The molecule has 0 aromatic heterocycles. The highest BCUT2D eigenvalue weighted by atomic mass is 16.6. The molecular weight excluding hydrogens is 296 g/mol. The molecule has 2 amide bonds. The second kappa shape index (κ2) is 7.99. The van der Waals surface area contributed by atoms with Gasteiger partial charge in [0.2, 0.25) is 5.91 Å². The molecule has 1 aliphatic heterocycles. The van der Waals surface area contributed by atoms with Crippen LogP contribution in [0.5, 0.6) is 0 Å². The third-order valence-electron chi connectivity index (χ3n) is 4.23. The number of hydrogen-bond donors (Lipinski definition) is 0. The van der Waals surface area contributed by atoms with Gasteiger partial charge in [-0.1, -0.05) is 6.92 Å². The van der Waals surface area contributed by atoms with Gasteiger partial charge in [-0.25, -0.2) is 4.79 Å². The minimum absolute atomic E-state index is 0.00135. The number of nitrogens with zero attached hydrogens (tertiary/aromatic N) is 2. The van der Waals surface area contributed by atoms with E-state index in [-0.39, 0.29) is 18.6 Å². The van der Waals surface area contributed by atoms with Crippen molar-refractivity contribution in [2.75, 3.05) is 32.8 Å². The topological polar surface area (TPSA) is 59.1 Å². The van der Waals surface area contributed by atoms with Gasteiger partial charge in [-0.2, -0.15) is 0 Å². The number of rotatable bonds is 6. The van der Waals surface area contributed by atoms with Crippen LogP contribution in [0.3, 0.4) is 0 Å². The van der Waals surface area contributed by atoms with Gasteiger partial charge in [0.25, 0.3) is 0 Å². The maximum Gasteiger partial charge on any atom is 0.410 e. The molecule has 0 spiro atoms. The molecule has 0 radical (unpaired) electrons. The molecule has 1 heterocycles. The molecule has 0 aliphatic carbocycles. The predicted molar refractivity (Wildman–Crippen MR) is 89.3 cm³/mol. The third-order valence-corrected chi connectivity index (χ3v) is 4.23. The Kier molecular flexibility index (Phi) is 6.86. The van der Waals surface area contributed by atoms with Gasteiger partial charge in [0.1, 0.15) is 12.2 Å². The van der Waals surface area contributed by atoms with Gasteiger partial charge in [-0.15, -0.1) is 0 Å². The van der Waals surface area contributed by atoms with Crippen LogP contribution in [0, 0.1) is 0 Å². The van der Waals surface area contributed by atoms with Gasteiger partial charge >= 0.3 is 6.09 Å². The maximum atomic E-state index is 12.2. The first-order valence-electron chi connectivity index (χ1n) is 8.56. The smallest absolute Gasteiger partial charge is 0.410 e. The SMILES string of the molecule is CCN(CC)C(=O)COC1(CC)CCN(C(=O)OC(C)(C)C)C1. The zero-order chi connectivity index (χ0) is 17.7. The molecule has 1 rings (SSSR count). The van der Waals surface area contributed by atoms with E-state index in [1.807, 2.05) is 41.5 Å². The Bertz CT molecular complexity index is 415. The number of carbonyl (C=O) groups is 2. The number of likely N-dealkylation sites (tertiary alicyclic amines) is 1. The van der Waals surface area contributed by atoms with Gasteiger partial charge in [0.15, 0.2) is 0 Å². The van der Waals surface area contributed by atoms with Gasteiger partial charge in [0.05, 0.1) is 12.1 Å². The van der Waals surface area contributed by atoms with E-state index in [1.165, 1.54) is 0 Å². The lowest BCUT2D eigenvalue weighted by molar-refractivity contribution is -0.142. The lowest BCUT2D eigenvalue weighted by atomic mass is 10.00. The highest BCUT2D eigenvalue weighted by Crippen LogP contribution is 2.30. The lowest BCUT2D eigenvalue weighted by Crippen LogP contribution is -2.43. The molecular formula is C17H32N2O4. The molecule has 6 heteroatoms. The molecule has 1 aliphatic rings. The molecule has 0 aromatic carbocycles. The van der Waals surface area contributed by atoms with E-state index in [9.17, 15) is 9.59 Å². The molecule has 1 fully saturated rings. The van der Waals surface area contributed by atoms with Gasteiger partial charge in [0, 0.05) is 19.6 Å². The van der Waals surface area contributed by atoms with Crippen LogP contribution < -0.4 is 0 Å². The van der Waals surface area contributed by atoms with Crippen LogP contribution in [0.15, 0.2) is 0 Å². The lowest BCUT2D eigenvalue weighted by Gasteiger charge is -2.30. The number of hydrogen-bond acceptors (Lipinski definition) is 4. The second-order valence-electron chi connectivity index (χ2n) is 7.04. The Labute approximate surface area is 140 Å². The van der Waals surface area contributed by atoms with Crippen molar-refractivity contribution < 1.29 is 19.1 Å². The predicted octanol–water partition coefficient (Wildman–Crippen LogP) is 2.66. The summed E-state index contributed by atoms with van der Waals surface area (Å²) < 4.78 is 11.4. The van der Waals surface area contributed by atoms with Crippen molar-refractivity contribution in [1.82, 2.24) is 9.80 Å². The van der Waals surface area contributed by atoms with Crippen LogP contribution in [0.4, 0.5) is 4.79 Å². The van der Waals surface area contributed by atoms with Crippen molar-refractivity contribution in [1.29, 1.82) is 0 Å². The molecule has 23 heavy (non-hydrogen) atoms. The first-order chi connectivity index (χ1) is 10.7. The summed E-state index contributed by atoms with van der Waals surface area (Å²) in [6.07, 6.45) is 1.18. The Hall–Kier alpha value is -1.30. The fraction of sp³-hybridized carbons (Fsp3) is 0.882. The Morgan fingerprint density at radius 2 is 1.78 bits per heavy atom. The van der Waals surface area contributed by atoms with Crippen molar-refractivity contribution in [3.05, 3.63) is 0 Å². The van der Waals surface area contributed by atoms with E-state index < -0.39 is 11.2 Å². The van der Waals surface area contributed by atoms with Gasteiger partial charge in [-0.3, -0.25) is 4.79 Å². The van der Waals surface area contributed by atoms with Crippen LogP contribution in [-0.2, 0) is 14.3 Å². The number of amides is 2. The summed E-state index contributed by atoms with van der Waals surface area (Å²) >= 11 is 0. The molecule has 6 nitrogen and oxygen atoms in total. The molecule has 134 valence electrons. The van der Waals surface area contributed by atoms with Crippen molar-refractivity contribution in [3.8, 4) is 0 Å². The second-order valence-corrected chi connectivity index (χ2v) is 7.04. The number of ether oxygens (including phenoxy) is 2. The Morgan fingerprint density at radius 3 is 2.26 bits per heavy atom. The number of likely N-dealkylation sites (N-methyl/N-ethyl adjacent to an activating group) is 1. The minimum Gasteiger partial charge on any atom is -0.444 e. The first kappa shape index (κ1) is 19.7. The largest absolute Gasteiger partial charge is 0.444 e. The average Bonchev–Trinajstić information content (AvgIpc) is 2.90. The van der Waals surface area contributed by atoms with E-state index in [0.29, 0.717) is 26.2 Å². The summed E-state index contributed by atoms with van der Waals surface area (Å²) in [7, 11) is 0. The summed E-state index contributed by atoms with van der Waals surface area (Å²) in [5.74, 6) is -0.00135. The molecule has 1 saturated heterocycles. The molecule has 0 aromatic rings. The van der Waals surface area contributed by atoms with Crippen LogP contribution in [0.25, 0.3) is 0 Å². The highest BCUT2D eigenvalue weighted by Gasteiger charge is 2.41. The third kappa shape index (κ3) is 5.68. The zero-order valence-corrected chi connectivity index (χ0v) is 15.5. The zero-order valence-electron chi connectivity index (χ0n) is 15.5. The van der Waals surface area contributed by atoms with Crippen molar-refractivity contribution in [2.24, 2.45) is 0 Å². The van der Waals surface area contributed by atoms with Crippen molar-refractivity contribution >= 4 is 12.0 Å². The molecule has 0 bridgehead atoms. The summed E-state index contributed by atoms with van der Waals surface area (Å²) in [6.45, 7) is 14.0. The monoisotopic (exact) mass is 328 g/mol. The van der Waals surface area contributed by atoms with E-state index >= 15 is 0 Å².